The summed E-state index contributed by atoms with van der Waals surface area (Å²) in [5.41, 5.74) is 0. The maximum Gasteiger partial charge on any atom is 0.317 e. The third-order valence-electron chi connectivity index (χ3n) is 5.84. The molecule has 2 aliphatic carbocycles. The van der Waals surface area contributed by atoms with Crippen LogP contribution in [0.15, 0.2) is 0 Å². The normalized spacial score (nSPS) is 33.6. The Labute approximate surface area is 121 Å². The standard InChI is InChI=1S/C16H28N2O2/c19-11-12-4-7-18(8-5-12)16(20)17-6-3-15-10-13-1-2-14(15)9-13/h12-15,19H,1-11H2,(H,17,20). The number of urea groups is 1. The lowest BCUT2D eigenvalue weighted by molar-refractivity contribution is 0.137. The summed E-state index contributed by atoms with van der Waals surface area (Å²) >= 11 is 0. The van der Waals surface area contributed by atoms with Gasteiger partial charge in [-0.15, -0.1) is 0 Å². The van der Waals surface area contributed by atoms with E-state index in [1.165, 1.54) is 32.1 Å². The van der Waals surface area contributed by atoms with E-state index in [-0.39, 0.29) is 12.6 Å². The highest BCUT2D eigenvalue weighted by molar-refractivity contribution is 5.74. The van der Waals surface area contributed by atoms with Crippen LogP contribution < -0.4 is 5.32 Å². The number of likely N-dealkylation sites (tertiary alicyclic amines) is 1. The van der Waals surface area contributed by atoms with Gasteiger partial charge in [-0.3, -0.25) is 0 Å². The largest absolute Gasteiger partial charge is 0.396 e. The third-order valence-corrected chi connectivity index (χ3v) is 5.84. The molecule has 2 amide bonds. The van der Waals surface area contributed by atoms with Gasteiger partial charge < -0.3 is 15.3 Å². The summed E-state index contributed by atoms with van der Waals surface area (Å²) in [6, 6.07) is 0.101. The van der Waals surface area contributed by atoms with Gasteiger partial charge in [-0.1, -0.05) is 6.42 Å². The van der Waals surface area contributed by atoms with Crippen molar-refractivity contribution in [1.29, 1.82) is 0 Å². The molecule has 0 radical (unpaired) electrons. The third kappa shape index (κ3) is 3.11. The Morgan fingerprint density at radius 3 is 2.55 bits per heavy atom. The highest BCUT2D eigenvalue weighted by atomic mass is 16.3. The summed E-state index contributed by atoms with van der Waals surface area (Å²) in [7, 11) is 0. The average Bonchev–Trinajstić information content (AvgIpc) is 3.10. The molecule has 2 bridgehead atoms. The van der Waals surface area contributed by atoms with Crippen molar-refractivity contribution >= 4 is 6.03 Å². The molecule has 0 spiro atoms. The van der Waals surface area contributed by atoms with Crippen molar-refractivity contribution in [3.63, 3.8) is 0 Å². The highest BCUT2D eigenvalue weighted by Crippen LogP contribution is 2.49. The number of carbonyl (C=O) groups is 1. The molecular weight excluding hydrogens is 252 g/mol. The first-order valence-electron chi connectivity index (χ1n) is 8.40. The van der Waals surface area contributed by atoms with Crippen LogP contribution in [-0.4, -0.2) is 42.3 Å². The second-order valence-corrected chi connectivity index (χ2v) is 7.07. The molecule has 3 unspecified atom stereocenters. The second-order valence-electron chi connectivity index (χ2n) is 7.07. The van der Waals surface area contributed by atoms with E-state index in [9.17, 15) is 4.79 Å². The van der Waals surface area contributed by atoms with E-state index in [1.54, 1.807) is 0 Å². The Morgan fingerprint density at radius 1 is 1.15 bits per heavy atom. The van der Waals surface area contributed by atoms with E-state index in [0.717, 1.165) is 50.2 Å². The quantitative estimate of drug-likeness (QED) is 0.829. The van der Waals surface area contributed by atoms with Crippen LogP contribution in [0.1, 0.15) is 44.9 Å². The molecule has 3 atom stereocenters. The summed E-state index contributed by atoms with van der Waals surface area (Å²) in [6.45, 7) is 2.70. The molecule has 1 heterocycles. The molecule has 0 aromatic heterocycles. The van der Waals surface area contributed by atoms with E-state index in [4.69, 9.17) is 5.11 Å². The average molecular weight is 280 g/mol. The second kappa shape index (κ2) is 6.33. The van der Waals surface area contributed by atoms with Crippen LogP contribution in [-0.2, 0) is 0 Å². The molecule has 114 valence electrons. The monoisotopic (exact) mass is 280 g/mol. The van der Waals surface area contributed by atoms with Crippen LogP contribution in [0.4, 0.5) is 4.79 Å². The van der Waals surface area contributed by atoms with E-state index >= 15 is 0 Å². The first kappa shape index (κ1) is 14.2. The molecule has 20 heavy (non-hydrogen) atoms. The molecule has 2 N–H and O–H groups in total. The van der Waals surface area contributed by atoms with Gasteiger partial charge in [-0.25, -0.2) is 4.79 Å². The van der Waals surface area contributed by atoms with Crippen molar-refractivity contribution in [1.82, 2.24) is 10.2 Å². The van der Waals surface area contributed by atoms with Crippen LogP contribution in [0, 0.1) is 23.7 Å². The fourth-order valence-corrected chi connectivity index (χ4v) is 4.52. The molecule has 3 aliphatic rings. The van der Waals surface area contributed by atoms with Gasteiger partial charge in [-0.2, -0.15) is 0 Å². The number of rotatable bonds is 4. The van der Waals surface area contributed by atoms with Crippen LogP contribution in [0.3, 0.4) is 0 Å². The Kier molecular flexibility index (Phi) is 4.49. The van der Waals surface area contributed by atoms with Crippen LogP contribution >= 0.6 is 0 Å². The zero-order chi connectivity index (χ0) is 13.9. The number of nitrogens with one attached hydrogen (secondary N) is 1. The number of aliphatic hydroxyl groups excluding tert-OH is 1. The first-order chi connectivity index (χ1) is 9.76. The van der Waals surface area contributed by atoms with E-state index in [2.05, 4.69) is 5.32 Å². The topological polar surface area (TPSA) is 52.6 Å². The van der Waals surface area contributed by atoms with Gasteiger partial charge >= 0.3 is 6.03 Å². The van der Waals surface area contributed by atoms with Gasteiger partial charge in [0.25, 0.3) is 0 Å². The van der Waals surface area contributed by atoms with Gasteiger partial charge in [-0.05, 0) is 62.2 Å². The molecule has 4 heteroatoms. The first-order valence-corrected chi connectivity index (χ1v) is 8.40. The summed E-state index contributed by atoms with van der Waals surface area (Å²) < 4.78 is 0. The van der Waals surface area contributed by atoms with E-state index in [0.29, 0.717) is 5.92 Å². The number of nitrogens with zero attached hydrogens (tertiary/aromatic N) is 1. The predicted octanol–water partition coefficient (Wildman–Crippen LogP) is 2.23. The van der Waals surface area contributed by atoms with Gasteiger partial charge in [0.1, 0.15) is 0 Å². The Balaban J connectivity index is 1.33. The molecular formula is C16H28N2O2. The van der Waals surface area contributed by atoms with Gasteiger partial charge in [0.05, 0.1) is 0 Å². The number of hydrogen-bond donors (Lipinski definition) is 2. The number of hydrogen-bond acceptors (Lipinski definition) is 2. The SMILES string of the molecule is O=C(NCCC1CC2CCC1C2)N1CCC(CO)CC1. The number of aliphatic hydroxyl groups is 1. The molecule has 3 fully saturated rings. The minimum atomic E-state index is 0.101. The van der Waals surface area contributed by atoms with Crippen LogP contribution in [0.25, 0.3) is 0 Å². The molecule has 3 rings (SSSR count). The maximum absolute atomic E-state index is 12.1. The smallest absolute Gasteiger partial charge is 0.317 e. The fourth-order valence-electron chi connectivity index (χ4n) is 4.52. The summed E-state index contributed by atoms with van der Waals surface area (Å²) in [5, 5.41) is 12.2. The summed E-state index contributed by atoms with van der Waals surface area (Å²) in [5.74, 6) is 3.22. The molecule has 2 saturated carbocycles. The van der Waals surface area contributed by atoms with Crippen molar-refractivity contribution in [2.24, 2.45) is 23.7 Å². The lowest BCUT2D eigenvalue weighted by Gasteiger charge is -2.31. The Morgan fingerprint density at radius 2 is 1.95 bits per heavy atom. The molecule has 0 aromatic carbocycles. The zero-order valence-corrected chi connectivity index (χ0v) is 12.4. The highest BCUT2D eigenvalue weighted by Gasteiger charge is 2.38. The van der Waals surface area contributed by atoms with Crippen molar-refractivity contribution in [3.05, 3.63) is 0 Å². The van der Waals surface area contributed by atoms with Crippen LogP contribution in [0.2, 0.25) is 0 Å². The fraction of sp³-hybridized carbons (Fsp3) is 0.938. The number of carbonyl (C=O) groups excluding carboxylic acids is 1. The summed E-state index contributed by atoms with van der Waals surface area (Å²) in [4.78, 5) is 14.0. The molecule has 0 aromatic rings. The Hall–Kier alpha value is -0.770. The number of piperidine rings is 1. The molecule has 4 nitrogen and oxygen atoms in total. The lowest BCUT2D eigenvalue weighted by Crippen LogP contribution is -2.45. The summed E-state index contributed by atoms with van der Waals surface area (Å²) in [6.07, 6.45) is 8.79. The lowest BCUT2D eigenvalue weighted by atomic mass is 9.86. The van der Waals surface area contributed by atoms with Crippen molar-refractivity contribution < 1.29 is 9.90 Å². The van der Waals surface area contributed by atoms with E-state index in [1.807, 2.05) is 4.90 Å². The Bertz CT molecular complexity index is 339. The van der Waals surface area contributed by atoms with Crippen molar-refractivity contribution in [3.8, 4) is 0 Å². The molecule has 1 saturated heterocycles. The van der Waals surface area contributed by atoms with Crippen molar-refractivity contribution in [2.75, 3.05) is 26.2 Å². The van der Waals surface area contributed by atoms with Gasteiger partial charge in [0.2, 0.25) is 0 Å². The maximum atomic E-state index is 12.1. The minimum Gasteiger partial charge on any atom is -0.396 e. The predicted molar refractivity (Wildman–Crippen MR) is 78.3 cm³/mol. The van der Waals surface area contributed by atoms with Crippen LogP contribution in [0.5, 0.6) is 0 Å². The molecule has 1 aliphatic heterocycles. The van der Waals surface area contributed by atoms with Gasteiger partial charge in [0, 0.05) is 26.2 Å². The minimum absolute atomic E-state index is 0.101. The van der Waals surface area contributed by atoms with E-state index < -0.39 is 0 Å². The number of fused-ring (bicyclic) bond motifs is 2. The zero-order valence-electron chi connectivity index (χ0n) is 12.4. The van der Waals surface area contributed by atoms with Gasteiger partial charge in [0.15, 0.2) is 0 Å². The number of amides is 2. The van der Waals surface area contributed by atoms with Crippen molar-refractivity contribution in [2.45, 2.75) is 44.9 Å².